The van der Waals surface area contributed by atoms with Crippen LogP contribution in [0.5, 0.6) is 23.0 Å². The van der Waals surface area contributed by atoms with E-state index >= 15 is 0 Å². The Morgan fingerprint density at radius 1 is 0.512 bits per heavy atom. The quantitative estimate of drug-likeness (QED) is 0.170. The normalized spacial score (nSPS) is 12.7. The van der Waals surface area contributed by atoms with Gasteiger partial charge in [0, 0.05) is 0 Å². The van der Waals surface area contributed by atoms with Gasteiger partial charge in [-0.05, 0) is 96.8 Å². The second-order valence-electron chi connectivity index (χ2n) is 10.3. The van der Waals surface area contributed by atoms with Gasteiger partial charge in [0.25, 0.3) is 0 Å². The fourth-order valence-electron chi connectivity index (χ4n) is 4.73. The Morgan fingerprint density at radius 3 is 1.21 bits per heavy atom. The molecule has 1 heterocycles. The minimum absolute atomic E-state index is 0.0290. The summed E-state index contributed by atoms with van der Waals surface area (Å²) in [6, 6.07) is 27.6. The lowest BCUT2D eigenvalue weighted by Crippen LogP contribution is -2.21. The zero-order valence-corrected chi connectivity index (χ0v) is 23.2. The Kier molecular flexibility index (Phi) is 7.22. The summed E-state index contributed by atoms with van der Waals surface area (Å²) >= 11 is 0. The molecule has 0 N–H and O–H groups in total. The van der Waals surface area contributed by atoms with Crippen molar-refractivity contribution in [3.63, 3.8) is 0 Å². The molecule has 0 aliphatic carbocycles. The van der Waals surface area contributed by atoms with Gasteiger partial charge in [0.1, 0.15) is 11.5 Å². The van der Waals surface area contributed by atoms with Gasteiger partial charge in [-0.15, -0.1) is 0 Å². The molecule has 4 nitrogen and oxygen atoms in total. The first-order valence-corrected chi connectivity index (χ1v) is 13.5. The van der Waals surface area contributed by atoms with E-state index < -0.39 is 12.2 Å². The van der Waals surface area contributed by atoms with Gasteiger partial charge in [0.05, 0.1) is 11.1 Å². The van der Waals surface area contributed by atoms with Gasteiger partial charge in [-0.3, -0.25) is 0 Å². The molecule has 6 rings (SSSR count). The van der Waals surface area contributed by atoms with Crippen LogP contribution in [0.2, 0.25) is 0 Å². The fraction of sp³-hybridized carbons (Fsp3) is 0.143. The number of hydrogen-bond donors (Lipinski definition) is 0. The smallest absolute Gasteiger partial charge is 0.426 e. The SMILES string of the molecule is Cc1ccc(OC(F)(F)c2ccc(-c3cc4c(cc3-c3ccc(C(F)(F)Oc5ccc(C)cc5)cc3)OCO4)cc2)cc1. The summed E-state index contributed by atoms with van der Waals surface area (Å²) in [6.45, 7) is 3.74. The third kappa shape index (κ3) is 6.00. The zero-order chi connectivity index (χ0) is 30.2. The summed E-state index contributed by atoms with van der Waals surface area (Å²) in [4.78, 5) is 0. The molecule has 0 saturated heterocycles. The molecule has 1 aliphatic heterocycles. The molecule has 5 aromatic rings. The molecule has 5 aromatic carbocycles. The van der Waals surface area contributed by atoms with Crippen LogP contribution < -0.4 is 18.9 Å². The molecule has 0 bridgehead atoms. The Morgan fingerprint density at radius 2 is 0.860 bits per heavy atom. The summed E-state index contributed by atoms with van der Waals surface area (Å²) < 4.78 is 80.9. The maximum absolute atomic E-state index is 15.0. The summed E-state index contributed by atoms with van der Waals surface area (Å²) in [5, 5.41) is 0. The Hall–Kier alpha value is -4.98. The first-order chi connectivity index (χ1) is 20.6. The first-order valence-electron chi connectivity index (χ1n) is 13.5. The van der Waals surface area contributed by atoms with Crippen LogP contribution in [-0.4, -0.2) is 6.79 Å². The largest absolute Gasteiger partial charge is 0.454 e. The monoisotopic (exact) mass is 586 g/mol. The van der Waals surface area contributed by atoms with Crippen LogP contribution >= 0.6 is 0 Å². The molecule has 43 heavy (non-hydrogen) atoms. The number of benzene rings is 5. The predicted molar refractivity (Wildman–Crippen MR) is 155 cm³/mol. The topological polar surface area (TPSA) is 36.9 Å². The molecule has 0 saturated carbocycles. The van der Waals surface area contributed by atoms with E-state index in [1.807, 2.05) is 13.8 Å². The van der Waals surface area contributed by atoms with Crippen LogP contribution in [-0.2, 0) is 12.2 Å². The highest BCUT2D eigenvalue weighted by Gasteiger charge is 2.36. The highest BCUT2D eigenvalue weighted by Crippen LogP contribution is 2.44. The van der Waals surface area contributed by atoms with E-state index in [0.717, 1.165) is 11.1 Å². The fourth-order valence-corrected chi connectivity index (χ4v) is 4.73. The summed E-state index contributed by atoms with van der Waals surface area (Å²) in [5.74, 6) is 1.09. The zero-order valence-electron chi connectivity index (χ0n) is 23.2. The number of aryl methyl sites for hydroxylation is 2. The molecule has 0 aromatic heterocycles. The van der Waals surface area contributed by atoms with Crippen LogP contribution in [0.3, 0.4) is 0 Å². The maximum Gasteiger partial charge on any atom is 0.426 e. The molecule has 8 heteroatoms. The van der Waals surface area contributed by atoms with Crippen LogP contribution in [0, 0.1) is 13.8 Å². The van der Waals surface area contributed by atoms with Gasteiger partial charge in [0.15, 0.2) is 11.5 Å². The van der Waals surface area contributed by atoms with E-state index in [4.69, 9.17) is 18.9 Å². The minimum Gasteiger partial charge on any atom is -0.454 e. The van der Waals surface area contributed by atoms with Gasteiger partial charge < -0.3 is 18.9 Å². The van der Waals surface area contributed by atoms with Crippen molar-refractivity contribution in [1.29, 1.82) is 0 Å². The van der Waals surface area contributed by atoms with Crippen molar-refractivity contribution in [2.45, 2.75) is 26.1 Å². The lowest BCUT2D eigenvalue weighted by molar-refractivity contribution is -0.186. The van der Waals surface area contributed by atoms with E-state index in [1.165, 1.54) is 48.5 Å². The van der Waals surface area contributed by atoms with E-state index in [2.05, 4.69) is 0 Å². The Labute approximate surface area is 246 Å². The Bertz CT molecular complexity index is 1600. The molecule has 0 fully saturated rings. The summed E-state index contributed by atoms with van der Waals surface area (Å²) in [7, 11) is 0. The van der Waals surface area contributed by atoms with Gasteiger partial charge in [0.2, 0.25) is 6.79 Å². The number of rotatable bonds is 8. The third-order valence-corrected chi connectivity index (χ3v) is 7.11. The molecule has 1 aliphatic rings. The van der Waals surface area contributed by atoms with Gasteiger partial charge in [-0.1, -0.05) is 59.7 Å². The lowest BCUT2D eigenvalue weighted by atomic mass is 9.92. The Balaban J connectivity index is 1.29. The standard InChI is InChI=1S/C35H26F4O4/c1-22-3-15-28(16-4-22)42-34(36,37)26-11-7-24(8-12-26)30-19-32-33(41-21-40-32)20-31(30)25-9-13-27(14-10-25)35(38,39)43-29-17-5-23(2)6-18-29/h3-20H,21H2,1-2H3. The van der Waals surface area contributed by atoms with Crippen LogP contribution in [0.1, 0.15) is 22.3 Å². The van der Waals surface area contributed by atoms with Crippen molar-refractivity contribution in [3.05, 3.63) is 131 Å². The molecule has 218 valence electrons. The van der Waals surface area contributed by atoms with Gasteiger partial charge in [-0.25, -0.2) is 0 Å². The molecule has 0 radical (unpaired) electrons. The van der Waals surface area contributed by atoms with Crippen molar-refractivity contribution >= 4 is 0 Å². The molecular formula is C35H26F4O4. The molecule has 0 spiro atoms. The van der Waals surface area contributed by atoms with E-state index in [9.17, 15) is 17.6 Å². The molecular weight excluding hydrogens is 560 g/mol. The van der Waals surface area contributed by atoms with Gasteiger partial charge >= 0.3 is 12.2 Å². The van der Waals surface area contributed by atoms with E-state index in [0.29, 0.717) is 33.8 Å². The molecule has 0 amide bonds. The summed E-state index contributed by atoms with van der Waals surface area (Å²) in [6.07, 6.45) is -7.12. The van der Waals surface area contributed by atoms with Crippen molar-refractivity contribution in [1.82, 2.24) is 0 Å². The number of ether oxygens (including phenoxy) is 4. The number of alkyl halides is 4. The molecule has 0 atom stereocenters. The lowest BCUT2D eigenvalue weighted by Gasteiger charge is -2.20. The van der Waals surface area contributed by atoms with E-state index in [-0.39, 0.29) is 29.4 Å². The maximum atomic E-state index is 15.0. The van der Waals surface area contributed by atoms with Gasteiger partial charge in [-0.2, -0.15) is 17.6 Å². The number of hydrogen-bond acceptors (Lipinski definition) is 4. The highest BCUT2D eigenvalue weighted by molar-refractivity contribution is 5.86. The van der Waals surface area contributed by atoms with Crippen LogP contribution in [0.15, 0.2) is 109 Å². The summed E-state index contributed by atoms with van der Waals surface area (Å²) in [5.41, 5.74) is 3.74. The van der Waals surface area contributed by atoms with Crippen molar-refractivity contribution < 1.29 is 36.5 Å². The number of halogens is 4. The van der Waals surface area contributed by atoms with Crippen LogP contribution in [0.25, 0.3) is 22.3 Å². The second kappa shape index (κ2) is 11.0. The predicted octanol–water partition coefficient (Wildman–Crippen LogP) is 9.62. The second-order valence-corrected chi connectivity index (χ2v) is 10.3. The average Bonchev–Trinajstić information content (AvgIpc) is 3.47. The minimum atomic E-state index is -3.56. The molecule has 0 unspecified atom stereocenters. The van der Waals surface area contributed by atoms with E-state index in [1.54, 1.807) is 60.7 Å². The third-order valence-electron chi connectivity index (χ3n) is 7.11. The van der Waals surface area contributed by atoms with Crippen molar-refractivity contribution in [2.24, 2.45) is 0 Å². The van der Waals surface area contributed by atoms with Crippen molar-refractivity contribution in [3.8, 4) is 45.3 Å². The number of fused-ring (bicyclic) bond motifs is 1. The first kappa shape index (κ1) is 28.2. The van der Waals surface area contributed by atoms with Crippen molar-refractivity contribution in [2.75, 3.05) is 6.79 Å². The average molecular weight is 587 g/mol. The van der Waals surface area contributed by atoms with Crippen LogP contribution in [0.4, 0.5) is 17.6 Å². The highest BCUT2D eigenvalue weighted by atomic mass is 19.3.